The molecule has 1 atom stereocenters. The molecule has 4 heteroatoms. The van der Waals surface area contributed by atoms with Crippen LogP contribution in [0.3, 0.4) is 0 Å². The third kappa shape index (κ3) is 4.24. The summed E-state index contributed by atoms with van der Waals surface area (Å²) in [4.78, 5) is 13.2. The lowest BCUT2D eigenvalue weighted by atomic mass is 10.1. The zero-order valence-corrected chi connectivity index (χ0v) is 14.3. The van der Waals surface area contributed by atoms with Crippen molar-refractivity contribution in [2.75, 3.05) is 0 Å². The van der Waals surface area contributed by atoms with Crippen LogP contribution >= 0.6 is 11.3 Å². The molecule has 1 aromatic heterocycles. The predicted molar refractivity (Wildman–Crippen MR) is 98.1 cm³/mol. The van der Waals surface area contributed by atoms with Gasteiger partial charge in [0, 0.05) is 4.88 Å². The summed E-state index contributed by atoms with van der Waals surface area (Å²) in [5, 5.41) is 4.88. The Morgan fingerprint density at radius 2 is 1.71 bits per heavy atom. The van der Waals surface area contributed by atoms with Crippen LogP contribution in [0.5, 0.6) is 5.75 Å². The zero-order chi connectivity index (χ0) is 16.8. The van der Waals surface area contributed by atoms with Gasteiger partial charge in [-0.15, -0.1) is 11.3 Å². The van der Waals surface area contributed by atoms with Gasteiger partial charge < -0.3 is 10.1 Å². The van der Waals surface area contributed by atoms with Crippen molar-refractivity contribution in [1.82, 2.24) is 5.32 Å². The van der Waals surface area contributed by atoms with Gasteiger partial charge in [0.25, 0.3) is 5.91 Å². The number of carbonyl (C=O) groups excluding carboxylic acids is 1. The summed E-state index contributed by atoms with van der Waals surface area (Å²) in [6.45, 7) is 2.30. The first-order valence-corrected chi connectivity index (χ1v) is 8.72. The third-order valence-corrected chi connectivity index (χ3v) is 4.54. The van der Waals surface area contributed by atoms with E-state index in [0.29, 0.717) is 12.3 Å². The molecule has 0 spiro atoms. The lowest BCUT2D eigenvalue weighted by molar-refractivity contribution is -0.127. The van der Waals surface area contributed by atoms with Crippen molar-refractivity contribution >= 4 is 17.2 Å². The van der Waals surface area contributed by atoms with Crippen molar-refractivity contribution < 1.29 is 9.53 Å². The first-order valence-electron chi connectivity index (χ1n) is 7.84. The molecule has 0 radical (unpaired) electrons. The highest BCUT2D eigenvalue weighted by atomic mass is 32.1. The van der Waals surface area contributed by atoms with E-state index in [1.54, 1.807) is 18.3 Å². The van der Waals surface area contributed by atoms with E-state index in [4.69, 9.17) is 4.74 Å². The van der Waals surface area contributed by atoms with Gasteiger partial charge in [0.1, 0.15) is 5.75 Å². The smallest absolute Gasteiger partial charge is 0.261 e. The van der Waals surface area contributed by atoms with Crippen LogP contribution in [-0.4, -0.2) is 12.0 Å². The molecule has 0 saturated heterocycles. The van der Waals surface area contributed by atoms with Gasteiger partial charge in [0.2, 0.25) is 0 Å². The predicted octanol–water partition coefficient (Wildman–Crippen LogP) is 4.50. The van der Waals surface area contributed by atoms with E-state index in [1.165, 1.54) is 0 Å². The van der Waals surface area contributed by atoms with Gasteiger partial charge in [-0.3, -0.25) is 4.79 Å². The number of benzene rings is 2. The van der Waals surface area contributed by atoms with E-state index in [1.807, 2.05) is 60.0 Å². The van der Waals surface area contributed by atoms with E-state index in [-0.39, 0.29) is 5.91 Å². The maximum Gasteiger partial charge on any atom is 0.261 e. The Balaban J connectivity index is 1.56. The summed E-state index contributed by atoms with van der Waals surface area (Å²) in [6.07, 6.45) is -0.535. The lowest BCUT2D eigenvalue weighted by Crippen LogP contribution is -2.35. The Morgan fingerprint density at radius 3 is 2.38 bits per heavy atom. The Hall–Kier alpha value is -2.59. The number of hydrogen-bond acceptors (Lipinski definition) is 3. The van der Waals surface area contributed by atoms with Crippen LogP contribution in [0, 0.1) is 0 Å². The highest BCUT2D eigenvalue weighted by molar-refractivity contribution is 7.09. The second-order valence-corrected chi connectivity index (χ2v) is 6.48. The highest BCUT2D eigenvalue weighted by Crippen LogP contribution is 2.22. The van der Waals surface area contributed by atoms with Gasteiger partial charge >= 0.3 is 0 Å². The SMILES string of the molecule is CC(Oc1ccc(-c2ccccc2)cc1)C(=O)NCc1cccs1. The van der Waals surface area contributed by atoms with Gasteiger partial charge in [0.15, 0.2) is 6.10 Å². The van der Waals surface area contributed by atoms with E-state index in [9.17, 15) is 4.79 Å². The summed E-state index contributed by atoms with van der Waals surface area (Å²) < 4.78 is 5.73. The minimum absolute atomic E-state index is 0.115. The summed E-state index contributed by atoms with van der Waals surface area (Å²) >= 11 is 1.62. The van der Waals surface area contributed by atoms with Crippen molar-refractivity contribution in [2.24, 2.45) is 0 Å². The molecule has 0 saturated carbocycles. The van der Waals surface area contributed by atoms with Gasteiger partial charge in [-0.2, -0.15) is 0 Å². The van der Waals surface area contributed by atoms with Gasteiger partial charge in [-0.25, -0.2) is 0 Å². The molecule has 1 unspecified atom stereocenters. The molecule has 2 aromatic carbocycles. The second-order valence-electron chi connectivity index (χ2n) is 5.45. The minimum Gasteiger partial charge on any atom is -0.481 e. The number of thiophene rings is 1. The van der Waals surface area contributed by atoms with Crippen LogP contribution < -0.4 is 10.1 Å². The summed E-state index contributed by atoms with van der Waals surface area (Å²) in [7, 11) is 0. The van der Waals surface area contributed by atoms with Crippen molar-refractivity contribution in [2.45, 2.75) is 19.6 Å². The normalized spacial score (nSPS) is 11.7. The van der Waals surface area contributed by atoms with E-state index in [0.717, 1.165) is 16.0 Å². The molecule has 3 rings (SSSR count). The van der Waals surface area contributed by atoms with Crippen molar-refractivity contribution in [1.29, 1.82) is 0 Å². The fourth-order valence-electron chi connectivity index (χ4n) is 2.35. The van der Waals surface area contributed by atoms with Crippen LogP contribution in [0.25, 0.3) is 11.1 Å². The zero-order valence-electron chi connectivity index (χ0n) is 13.4. The first-order chi connectivity index (χ1) is 11.7. The molecule has 1 N–H and O–H groups in total. The minimum atomic E-state index is -0.535. The standard InChI is InChI=1S/C20H19NO2S/c1-15(20(22)21-14-19-8-5-13-24-19)23-18-11-9-17(10-12-18)16-6-3-2-4-7-16/h2-13,15H,14H2,1H3,(H,21,22). The van der Waals surface area contributed by atoms with Crippen molar-refractivity contribution in [3.8, 4) is 16.9 Å². The molecule has 0 fully saturated rings. The summed E-state index contributed by atoms with van der Waals surface area (Å²) in [5.41, 5.74) is 2.28. The molecule has 0 aliphatic heterocycles. The number of hydrogen-bond donors (Lipinski definition) is 1. The Bertz CT molecular complexity index is 767. The van der Waals surface area contributed by atoms with Crippen LogP contribution in [0.2, 0.25) is 0 Å². The van der Waals surface area contributed by atoms with Crippen molar-refractivity contribution in [3.63, 3.8) is 0 Å². The third-order valence-electron chi connectivity index (χ3n) is 3.66. The summed E-state index contributed by atoms with van der Waals surface area (Å²) in [6, 6.07) is 21.9. The van der Waals surface area contributed by atoms with E-state index < -0.39 is 6.10 Å². The molecule has 3 nitrogen and oxygen atoms in total. The maximum absolute atomic E-state index is 12.1. The second kappa shape index (κ2) is 7.79. The fraction of sp³-hybridized carbons (Fsp3) is 0.150. The monoisotopic (exact) mass is 337 g/mol. The van der Waals surface area contributed by atoms with Gasteiger partial charge in [-0.1, -0.05) is 48.5 Å². The Morgan fingerprint density at radius 1 is 1.00 bits per heavy atom. The van der Waals surface area contributed by atoms with Crippen LogP contribution in [0.1, 0.15) is 11.8 Å². The highest BCUT2D eigenvalue weighted by Gasteiger charge is 2.14. The van der Waals surface area contributed by atoms with Crippen LogP contribution in [-0.2, 0) is 11.3 Å². The molecule has 0 bridgehead atoms. The molecule has 122 valence electrons. The van der Waals surface area contributed by atoms with E-state index >= 15 is 0 Å². The number of nitrogens with one attached hydrogen (secondary N) is 1. The molecular weight excluding hydrogens is 318 g/mol. The number of carbonyl (C=O) groups is 1. The quantitative estimate of drug-likeness (QED) is 0.719. The van der Waals surface area contributed by atoms with Crippen LogP contribution in [0.4, 0.5) is 0 Å². The molecule has 3 aromatic rings. The molecular formula is C20H19NO2S. The molecule has 0 aliphatic carbocycles. The molecule has 0 aliphatic rings. The Labute approximate surface area is 145 Å². The topological polar surface area (TPSA) is 38.3 Å². The molecule has 1 heterocycles. The van der Waals surface area contributed by atoms with Crippen LogP contribution in [0.15, 0.2) is 72.1 Å². The van der Waals surface area contributed by atoms with Crippen molar-refractivity contribution in [3.05, 3.63) is 77.0 Å². The summed E-state index contributed by atoms with van der Waals surface area (Å²) in [5.74, 6) is 0.573. The number of amides is 1. The Kier molecular flexibility index (Phi) is 5.29. The number of rotatable bonds is 6. The first kappa shape index (κ1) is 16.3. The fourth-order valence-corrected chi connectivity index (χ4v) is 2.99. The largest absolute Gasteiger partial charge is 0.481 e. The van der Waals surface area contributed by atoms with Gasteiger partial charge in [-0.05, 0) is 41.6 Å². The average molecular weight is 337 g/mol. The molecule has 1 amide bonds. The molecule has 24 heavy (non-hydrogen) atoms. The van der Waals surface area contributed by atoms with E-state index in [2.05, 4.69) is 17.4 Å². The van der Waals surface area contributed by atoms with Gasteiger partial charge in [0.05, 0.1) is 6.54 Å². The maximum atomic E-state index is 12.1. The number of ether oxygens (including phenoxy) is 1. The average Bonchev–Trinajstić information content (AvgIpc) is 3.14. The lowest BCUT2D eigenvalue weighted by Gasteiger charge is -2.14.